The number of allylic oxidation sites excluding steroid dienone is 5. The average molecular weight is 603 g/mol. The minimum absolute atomic E-state index is 0. The number of rotatable bonds is 7. The van der Waals surface area contributed by atoms with Crippen LogP contribution in [0.2, 0.25) is 0 Å². The molecule has 0 fully saturated rings. The molecule has 3 aromatic rings. The largest absolute Gasteiger partial charge is 2.00 e. The third-order valence-corrected chi connectivity index (χ3v) is 8.19. The van der Waals surface area contributed by atoms with E-state index in [1.807, 2.05) is 24.3 Å². The Morgan fingerprint density at radius 2 is 1.40 bits per heavy atom. The van der Waals surface area contributed by atoms with E-state index in [1.54, 1.807) is 0 Å². The fraction of sp³-hybridized carbons (Fsp3) is 0.286. The minimum atomic E-state index is -0.246. The summed E-state index contributed by atoms with van der Waals surface area (Å²) >= 11 is 0. The van der Waals surface area contributed by atoms with Crippen LogP contribution in [0.3, 0.4) is 0 Å². The number of ether oxygens (including phenoxy) is 1. The van der Waals surface area contributed by atoms with E-state index in [9.17, 15) is 4.79 Å². The van der Waals surface area contributed by atoms with Gasteiger partial charge in [-0.1, -0.05) is 79.6 Å². The molecule has 0 saturated carbocycles. The van der Waals surface area contributed by atoms with Gasteiger partial charge in [-0.2, -0.15) is 0 Å². The van der Waals surface area contributed by atoms with Crippen molar-refractivity contribution < 1.29 is 26.0 Å². The average Bonchev–Trinajstić information content (AvgIpc) is 3.61. The Hall–Kier alpha value is -3.96. The van der Waals surface area contributed by atoms with Crippen molar-refractivity contribution in [3.63, 3.8) is 0 Å². The molecule has 3 aromatic heterocycles. The van der Waals surface area contributed by atoms with E-state index in [2.05, 4.69) is 59.9 Å². The molecule has 42 heavy (non-hydrogen) atoms. The van der Waals surface area contributed by atoms with Crippen LogP contribution in [0.15, 0.2) is 43.5 Å². The van der Waals surface area contributed by atoms with E-state index < -0.39 is 0 Å². The maximum atomic E-state index is 12.1. The van der Waals surface area contributed by atoms with Crippen LogP contribution < -0.4 is 9.97 Å². The van der Waals surface area contributed by atoms with E-state index in [-0.39, 0.29) is 28.9 Å². The van der Waals surface area contributed by atoms with Gasteiger partial charge in [-0.15, -0.1) is 22.1 Å². The van der Waals surface area contributed by atoms with Crippen LogP contribution in [-0.2, 0) is 32.4 Å². The van der Waals surface area contributed by atoms with E-state index >= 15 is 0 Å². The molecule has 5 heterocycles. The maximum absolute atomic E-state index is 12.1. The van der Waals surface area contributed by atoms with E-state index in [1.165, 1.54) is 12.7 Å². The Labute approximate surface area is 257 Å². The molecule has 0 aliphatic carbocycles. The molecule has 0 N–H and O–H groups in total. The third-order valence-electron chi connectivity index (χ3n) is 8.19. The van der Waals surface area contributed by atoms with Crippen molar-refractivity contribution >= 4 is 56.4 Å². The number of hydrogen-bond acceptors (Lipinski definition) is 4. The number of methoxy groups -OCH3 is 1. The van der Waals surface area contributed by atoms with Gasteiger partial charge in [0.05, 0.1) is 29.9 Å². The molecule has 2 aliphatic heterocycles. The van der Waals surface area contributed by atoms with Crippen LogP contribution in [0.4, 0.5) is 0 Å². The van der Waals surface area contributed by atoms with Gasteiger partial charge in [-0.25, -0.2) is 9.97 Å². The first kappa shape index (κ1) is 31.0. The van der Waals surface area contributed by atoms with Crippen LogP contribution >= 0.6 is 0 Å². The Kier molecular flexibility index (Phi) is 9.22. The second-order valence-corrected chi connectivity index (χ2v) is 10.6. The molecular formula is C35H36N4NiO2. The molecular weight excluding hydrogens is 567 g/mol. The van der Waals surface area contributed by atoms with Crippen LogP contribution in [0, 0.1) is 13.8 Å². The van der Waals surface area contributed by atoms with Gasteiger partial charge in [0.25, 0.3) is 0 Å². The smallest absolute Gasteiger partial charge is 0.657 e. The van der Waals surface area contributed by atoms with E-state index in [0.717, 1.165) is 96.7 Å². The third kappa shape index (κ3) is 5.46. The molecule has 0 radical (unpaired) electrons. The molecule has 0 saturated heterocycles. The Morgan fingerprint density at radius 1 is 0.810 bits per heavy atom. The summed E-state index contributed by atoms with van der Waals surface area (Å²) in [5, 5.41) is 0. The molecule has 0 spiro atoms. The molecule has 0 atom stereocenters. The summed E-state index contributed by atoms with van der Waals surface area (Å²) in [4.78, 5) is 32.3. The number of esters is 1. The van der Waals surface area contributed by atoms with Crippen molar-refractivity contribution in [1.82, 2.24) is 19.9 Å². The van der Waals surface area contributed by atoms with Gasteiger partial charge in [0.1, 0.15) is 0 Å². The number of aromatic nitrogens is 4. The second-order valence-electron chi connectivity index (χ2n) is 10.6. The monoisotopic (exact) mass is 602 g/mol. The zero-order chi connectivity index (χ0) is 29.4. The summed E-state index contributed by atoms with van der Waals surface area (Å²) in [5.41, 5.74) is 15.2. The van der Waals surface area contributed by atoms with Gasteiger partial charge < -0.3 is 14.7 Å². The predicted molar refractivity (Wildman–Crippen MR) is 169 cm³/mol. The first-order chi connectivity index (χ1) is 19.7. The number of fused-ring (bicyclic) bond motifs is 8. The summed E-state index contributed by atoms with van der Waals surface area (Å²) in [6.07, 6.45) is 6.41. The maximum Gasteiger partial charge on any atom is 2.00 e. The second kappa shape index (κ2) is 12.5. The molecule has 0 amide bonds. The zero-order valence-corrected chi connectivity index (χ0v) is 26.1. The van der Waals surface area contributed by atoms with Crippen LogP contribution in [0.5, 0.6) is 0 Å². The van der Waals surface area contributed by atoms with Gasteiger partial charge in [-0.3, -0.25) is 4.79 Å². The summed E-state index contributed by atoms with van der Waals surface area (Å²) in [6.45, 7) is 18.6. The standard InChI is InChI=1S/C35H36N4O2.Ni/c1-9-12-25-21(6)28-15-27-19(4)23(10-2)31(36-27)16-29-20(5)24(11-3)32(37-29)17-30-22(7)26(13-14-35(40)41-8)34(39-30)18-33(25)38-28;/h10-11,15-18H,2-3,9,12-14H2,1,4-8H3;/q-2;+2. The summed E-state index contributed by atoms with van der Waals surface area (Å²) in [5.74, 6) is -0.246. The van der Waals surface area contributed by atoms with Crippen molar-refractivity contribution in [3.05, 3.63) is 88.5 Å². The zero-order valence-electron chi connectivity index (χ0n) is 25.1. The Balaban J connectivity index is 0.00000405. The van der Waals surface area contributed by atoms with Gasteiger partial charge >= 0.3 is 22.5 Å². The van der Waals surface area contributed by atoms with Crippen LogP contribution in [0.1, 0.15) is 85.1 Å². The Bertz CT molecular complexity index is 1830. The number of hydrogen-bond donors (Lipinski definition) is 0. The van der Waals surface area contributed by atoms with Gasteiger partial charge in [0.2, 0.25) is 0 Å². The van der Waals surface area contributed by atoms with Gasteiger partial charge in [0.15, 0.2) is 0 Å². The van der Waals surface area contributed by atoms with Crippen molar-refractivity contribution in [2.45, 2.75) is 60.3 Å². The molecule has 2 aliphatic rings. The van der Waals surface area contributed by atoms with Gasteiger partial charge in [0, 0.05) is 12.0 Å². The van der Waals surface area contributed by atoms with Crippen LogP contribution in [0.25, 0.3) is 50.4 Å². The predicted octanol–water partition coefficient (Wildman–Crippen LogP) is 7.78. The molecule has 8 bridgehead atoms. The first-order valence-electron chi connectivity index (χ1n) is 14.1. The quantitative estimate of drug-likeness (QED) is 0.203. The number of carbonyl (C=O) groups is 1. The van der Waals surface area contributed by atoms with Crippen molar-refractivity contribution in [2.75, 3.05) is 7.11 Å². The summed E-state index contributed by atoms with van der Waals surface area (Å²) in [7, 11) is 1.42. The Morgan fingerprint density at radius 3 is 2.07 bits per heavy atom. The number of nitrogens with zero attached hydrogens (tertiary/aromatic N) is 4. The van der Waals surface area contributed by atoms with E-state index in [4.69, 9.17) is 24.7 Å². The topological polar surface area (TPSA) is 80.3 Å². The molecule has 5 rings (SSSR count). The normalized spacial score (nSPS) is 12.8. The fourth-order valence-electron chi connectivity index (χ4n) is 5.73. The molecule has 0 aromatic carbocycles. The minimum Gasteiger partial charge on any atom is -0.657 e. The molecule has 7 heteroatoms. The summed E-state index contributed by atoms with van der Waals surface area (Å²) < 4.78 is 4.94. The van der Waals surface area contributed by atoms with Crippen molar-refractivity contribution in [1.29, 1.82) is 0 Å². The fourth-order valence-corrected chi connectivity index (χ4v) is 5.73. The summed E-state index contributed by atoms with van der Waals surface area (Å²) in [6, 6.07) is 8.19. The molecule has 0 unspecified atom stereocenters. The molecule has 218 valence electrons. The molecule has 6 nitrogen and oxygen atoms in total. The van der Waals surface area contributed by atoms with Crippen molar-refractivity contribution in [3.8, 4) is 0 Å². The number of aryl methyl sites for hydroxylation is 3. The van der Waals surface area contributed by atoms with E-state index in [0.29, 0.717) is 6.42 Å². The first-order valence-corrected chi connectivity index (χ1v) is 14.1. The van der Waals surface area contributed by atoms with Crippen LogP contribution in [-0.4, -0.2) is 23.0 Å². The number of carbonyl (C=O) groups excluding carboxylic acids is 1. The van der Waals surface area contributed by atoms with Crippen molar-refractivity contribution in [2.24, 2.45) is 0 Å². The SMILES string of the molecule is C=CC1=C(C)c2cc3[n-]c(cc4nc(cc5[n-]c(cc1n2)c(C)c5CCC(=O)OC)C(CCC)=C4C)c(C)c3C=C.[Ni+2]. The van der Waals surface area contributed by atoms with Gasteiger partial charge in [-0.05, 0) is 62.8 Å².